The molecule has 1 fully saturated rings. The van der Waals surface area contributed by atoms with Crippen LogP contribution >= 0.6 is 34.2 Å². The van der Waals surface area contributed by atoms with Crippen LogP contribution in [0.3, 0.4) is 0 Å². The summed E-state index contributed by atoms with van der Waals surface area (Å²) in [7, 11) is 0. The van der Waals surface area contributed by atoms with Crippen molar-refractivity contribution in [3.05, 3.63) is 44.8 Å². The van der Waals surface area contributed by atoms with E-state index in [2.05, 4.69) is 59.3 Å². The Morgan fingerprint density at radius 2 is 2.03 bits per heavy atom. The summed E-state index contributed by atoms with van der Waals surface area (Å²) in [6.45, 7) is 7.09. The number of carbonyl (C=O) groups excluding carboxylic acids is 1. The number of halogens is 2. The maximum Gasteiger partial charge on any atom is 0.280 e. The van der Waals surface area contributed by atoms with Gasteiger partial charge in [0.05, 0.1) is 12.6 Å². The molecule has 0 spiro atoms. The fourth-order valence-corrected chi connectivity index (χ4v) is 3.96. The molecule has 7 N–H and O–H groups in total. The van der Waals surface area contributed by atoms with Gasteiger partial charge < -0.3 is 26.7 Å². The average molecular weight is 585 g/mol. The lowest BCUT2D eigenvalue weighted by Crippen LogP contribution is -2.41. The molecule has 11 nitrogen and oxygen atoms in total. The van der Waals surface area contributed by atoms with Crippen molar-refractivity contribution in [3.8, 4) is 0 Å². The number of hydrogen-bond donors (Lipinski definition) is 4. The van der Waals surface area contributed by atoms with Gasteiger partial charge >= 0.3 is 0 Å². The summed E-state index contributed by atoms with van der Waals surface area (Å²) in [4.78, 5) is 31.4. The van der Waals surface area contributed by atoms with Crippen LogP contribution in [0.1, 0.15) is 23.3 Å². The average Bonchev–Trinajstić information content (AvgIpc) is 2.78. The maximum atomic E-state index is 12.4. The molecular formula is C20H26ClIN10O. The summed E-state index contributed by atoms with van der Waals surface area (Å²) in [6.07, 6.45) is 5.38. The van der Waals surface area contributed by atoms with Gasteiger partial charge in [-0.25, -0.2) is 15.0 Å². The zero-order valence-electron chi connectivity index (χ0n) is 17.9. The van der Waals surface area contributed by atoms with E-state index in [-0.39, 0.29) is 34.5 Å². The molecule has 2 aromatic rings. The number of likely N-dealkylation sites (tertiary alicyclic amines) is 1. The van der Waals surface area contributed by atoms with Crippen molar-refractivity contribution in [1.82, 2.24) is 24.8 Å². The standard InChI is InChI=1S/C20H26ClIN10O/c1-2-32-11-12(22)3-4-14(32)26-7-10-31-8-5-13(6-9-31)27-20(25)30-19(33)15-17(23)29-18(24)16(21)28-15/h2-4,11,13H,1,5-10H2,(H4,23,24,29)(H3,25,27,30,33). The van der Waals surface area contributed by atoms with E-state index in [9.17, 15) is 4.79 Å². The van der Waals surface area contributed by atoms with Crippen LogP contribution in [0.15, 0.2) is 34.9 Å². The number of pyridine rings is 1. The summed E-state index contributed by atoms with van der Waals surface area (Å²) < 4.78 is 3.04. The molecule has 0 atom stereocenters. The van der Waals surface area contributed by atoms with Crippen molar-refractivity contribution in [2.45, 2.75) is 18.9 Å². The van der Waals surface area contributed by atoms with Gasteiger partial charge in [-0.1, -0.05) is 18.2 Å². The van der Waals surface area contributed by atoms with E-state index in [1.165, 1.54) is 0 Å². The minimum absolute atomic E-state index is 0.00436. The summed E-state index contributed by atoms with van der Waals surface area (Å²) in [5, 5.41) is 2.37. The molecule has 3 rings (SSSR count). The van der Waals surface area contributed by atoms with Crippen molar-refractivity contribution in [2.24, 2.45) is 15.7 Å². The second-order valence-corrected chi connectivity index (χ2v) is 8.96. The number of piperidine rings is 1. The normalized spacial score (nSPS) is 16.1. The number of aliphatic imine (C=N–C) groups is 1. The van der Waals surface area contributed by atoms with Gasteiger partial charge in [-0.3, -0.25) is 15.1 Å². The molecule has 0 saturated carbocycles. The molecule has 1 aliphatic heterocycles. The quantitative estimate of drug-likeness (QED) is 0.222. The van der Waals surface area contributed by atoms with Crippen LogP contribution in [0.5, 0.6) is 0 Å². The Morgan fingerprint density at radius 3 is 2.73 bits per heavy atom. The summed E-state index contributed by atoms with van der Waals surface area (Å²) in [5.41, 5.74) is 17.8. The number of aromatic nitrogens is 3. The van der Waals surface area contributed by atoms with Crippen molar-refractivity contribution in [3.63, 3.8) is 0 Å². The summed E-state index contributed by atoms with van der Waals surface area (Å²) in [5.74, 6) is -0.833. The van der Waals surface area contributed by atoms with Gasteiger partial charge in [0.25, 0.3) is 5.91 Å². The zero-order valence-corrected chi connectivity index (χ0v) is 20.8. The third kappa shape index (κ3) is 6.88. The highest BCUT2D eigenvalue weighted by Crippen LogP contribution is 2.17. The predicted molar refractivity (Wildman–Crippen MR) is 138 cm³/mol. The molecule has 0 bridgehead atoms. The fraction of sp³-hybridized carbons (Fsp3) is 0.350. The van der Waals surface area contributed by atoms with E-state index in [0.29, 0.717) is 6.54 Å². The Labute approximate surface area is 210 Å². The van der Waals surface area contributed by atoms with Crippen LogP contribution in [0.2, 0.25) is 5.15 Å². The molecule has 3 heterocycles. The molecule has 0 radical (unpaired) electrons. The third-order valence-electron chi connectivity index (χ3n) is 5.05. The van der Waals surface area contributed by atoms with E-state index in [1.807, 2.05) is 22.9 Å². The van der Waals surface area contributed by atoms with E-state index in [0.717, 1.165) is 41.5 Å². The van der Waals surface area contributed by atoms with E-state index in [4.69, 9.17) is 28.8 Å². The molecule has 2 aromatic heterocycles. The van der Waals surface area contributed by atoms with Crippen molar-refractivity contribution in [1.29, 1.82) is 0 Å². The number of carbonyl (C=O) groups is 1. The van der Waals surface area contributed by atoms with Gasteiger partial charge in [0.15, 0.2) is 28.4 Å². The van der Waals surface area contributed by atoms with Crippen LogP contribution in [0.4, 0.5) is 11.6 Å². The van der Waals surface area contributed by atoms with Crippen LogP contribution in [0, 0.1) is 3.57 Å². The lowest BCUT2D eigenvalue weighted by molar-refractivity contribution is 0.0972. The van der Waals surface area contributed by atoms with Gasteiger partial charge in [-0.2, -0.15) is 0 Å². The van der Waals surface area contributed by atoms with Crippen LogP contribution in [0.25, 0.3) is 6.20 Å². The molecule has 1 amide bonds. The minimum atomic E-state index is -0.644. The monoisotopic (exact) mass is 584 g/mol. The highest BCUT2D eigenvalue weighted by Gasteiger charge is 2.20. The summed E-state index contributed by atoms with van der Waals surface area (Å²) >= 11 is 8.07. The molecule has 1 saturated heterocycles. The first-order valence-corrected chi connectivity index (χ1v) is 11.7. The maximum absolute atomic E-state index is 12.4. The number of rotatable bonds is 6. The largest absolute Gasteiger partial charge is 0.382 e. The first-order valence-electron chi connectivity index (χ1n) is 10.2. The number of guanidine groups is 1. The summed E-state index contributed by atoms with van der Waals surface area (Å²) in [6, 6.07) is 4.02. The Bertz CT molecular complexity index is 1120. The zero-order chi connectivity index (χ0) is 24.0. The molecule has 1 aliphatic rings. The predicted octanol–water partition coefficient (Wildman–Crippen LogP) is 0.911. The lowest BCUT2D eigenvalue weighted by atomic mass is 10.1. The number of nitrogens with two attached hydrogens (primary N) is 3. The van der Waals surface area contributed by atoms with Crippen LogP contribution in [-0.2, 0) is 0 Å². The van der Waals surface area contributed by atoms with Crippen molar-refractivity contribution in [2.75, 3.05) is 37.6 Å². The number of hydrogen-bond acceptors (Lipinski definition) is 8. The molecule has 176 valence electrons. The second kappa shape index (κ2) is 11.4. The molecule has 33 heavy (non-hydrogen) atoms. The van der Waals surface area contributed by atoms with Gasteiger partial charge in [0, 0.05) is 35.6 Å². The minimum Gasteiger partial charge on any atom is -0.382 e. The topological polar surface area (TPSA) is 166 Å². The SMILES string of the molecule is C=Cn1cc(I)ccc1=NCCN1CCC(N=C(N)NC(=O)c2nc(Cl)c(N)nc2N)CC1. The van der Waals surface area contributed by atoms with E-state index < -0.39 is 5.91 Å². The van der Waals surface area contributed by atoms with Gasteiger partial charge in [0.2, 0.25) is 0 Å². The number of nitrogen functional groups attached to an aromatic ring is 2. The van der Waals surface area contributed by atoms with E-state index in [1.54, 1.807) is 6.20 Å². The molecule has 13 heteroatoms. The molecule has 0 unspecified atom stereocenters. The highest BCUT2D eigenvalue weighted by molar-refractivity contribution is 14.1. The molecule has 0 aliphatic carbocycles. The van der Waals surface area contributed by atoms with Gasteiger partial charge in [-0.15, -0.1) is 0 Å². The first-order chi connectivity index (χ1) is 15.8. The fourth-order valence-electron chi connectivity index (χ4n) is 3.35. The molecular weight excluding hydrogens is 559 g/mol. The van der Waals surface area contributed by atoms with Gasteiger partial charge in [-0.05, 0) is 47.6 Å². The third-order valence-corrected chi connectivity index (χ3v) is 5.96. The smallest absolute Gasteiger partial charge is 0.280 e. The Morgan fingerprint density at radius 1 is 1.30 bits per heavy atom. The highest BCUT2D eigenvalue weighted by atomic mass is 127. The van der Waals surface area contributed by atoms with Crippen molar-refractivity contribution < 1.29 is 4.79 Å². The van der Waals surface area contributed by atoms with Gasteiger partial charge in [0.1, 0.15) is 5.49 Å². The second-order valence-electron chi connectivity index (χ2n) is 7.35. The lowest BCUT2D eigenvalue weighted by Gasteiger charge is -2.29. The Balaban J connectivity index is 1.49. The Kier molecular flexibility index (Phi) is 8.63. The number of nitrogens with zero attached hydrogens (tertiary/aromatic N) is 6. The van der Waals surface area contributed by atoms with Crippen LogP contribution < -0.4 is 28.0 Å². The number of amides is 1. The Hall–Kier alpha value is -2.71. The van der Waals surface area contributed by atoms with Crippen LogP contribution in [-0.4, -0.2) is 63.5 Å². The van der Waals surface area contributed by atoms with E-state index >= 15 is 0 Å². The van der Waals surface area contributed by atoms with Crippen molar-refractivity contribution >= 4 is 63.9 Å². The first kappa shape index (κ1) is 24.9. The number of nitrogens with one attached hydrogen (secondary N) is 1. The molecule has 0 aromatic carbocycles. The number of anilines is 2.